The van der Waals surface area contributed by atoms with E-state index in [9.17, 15) is 4.39 Å². The molecule has 2 aromatic rings. The summed E-state index contributed by atoms with van der Waals surface area (Å²) >= 11 is 5.61. The number of hydrogen-bond acceptors (Lipinski definition) is 3. The number of ether oxygens (including phenoxy) is 2. The zero-order valence-corrected chi connectivity index (χ0v) is 11.1. The van der Waals surface area contributed by atoms with Gasteiger partial charge in [0.25, 0.3) is 0 Å². The Kier molecular flexibility index (Phi) is 4.12. The fourth-order valence-electron chi connectivity index (χ4n) is 1.60. The molecule has 0 aromatic heterocycles. The highest BCUT2D eigenvalue weighted by Crippen LogP contribution is 2.26. The van der Waals surface area contributed by atoms with Gasteiger partial charge in [0.1, 0.15) is 23.9 Å². The fraction of sp³-hybridized carbons (Fsp3) is 0.143. The van der Waals surface area contributed by atoms with E-state index in [1.165, 1.54) is 12.1 Å². The molecular formula is C14H13ClFNO2. The highest BCUT2D eigenvalue weighted by Gasteiger charge is 2.04. The molecule has 3 nitrogen and oxygen atoms in total. The number of benzene rings is 2. The van der Waals surface area contributed by atoms with Crippen LogP contribution >= 0.6 is 11.6 Å². The number of methoxy groups -OCH3 is 1. The highest BCUT2D eigenvalue weighted by molar-refractivity contribution is 6.30. The smallest absolute Gasteiger partial charge is 0.142 e. The molecule has 2 aromatic carbocycles. The minimum Gasteiger partial charge on any atom is -0.495 e. The maximum Gasteiger partial charge on any atom is 0.142 e. The van der Waals surface area contributed by atoms with E-state index in [4.69, 9.17) is 26.8 Å². The van der Waals surface area contributed by atoms with Crippen LogP contribution in [-0.2, 0) is 6.61 Å². The molecule has 0 unspecified atom stereocenters. The van der Waals surface area contributed by atoms with Crippen molar-refractivity contribution in [1.82, 2.24) is 0 Å². The first kappa shape index (κ1) is 13.5. The van der Waals surface area contributed by atoms with Crippen molar-refractivity contribution in [2.24, 2.45) is 0 Å². The van der Waals surface area contributed by atoms with Crippen molar-refractivity contribution in [1.29, 1.82) is 0 Å². The van der Waals surface area contributed by atoms with Gasteiger partial charge >= 0.3 is 0 Å². The van der Waals surface area contributed by atoms with Crippen molar-refractivity contribution in [2.45, 2.75) is 6.61 Å². The highest BCUT2D eigenvalue weighted by atomic mass is 35.5. The van der Waals surface area contributed by atoms with Crippen LogP contribution in [0, 0.1) is 5.82 Å². The largest absolute Gasteiger partial charge is 0.495 e. The van der Waals surface area contributed by atoms with Crippen LogP contribution in [0.25, 0.3) is 0 Å². The quantitative estimate of drug-likeness (QED) is 0.870. The van der Waals surface area contributed by atoms with Gasteiger partial charge in [0.2, 0.25) is 0 Å². The molecule has 0 heterocycles. The van der Waals surface area contributed by atoms with Gasteiger partial charge in [-0.05, 0) is 29.8 Å². The normalized spacial score (nSPS) is 10.3. The van der Waals surface area contributed by atoms with Crippen LogP contribution < -0.4 is 15.2 Å². The first-order chi connectivity index (χ1) is 9.10. The topological polar surface area (TPSA) is 44.5 Å². The molecule has 100 valence electrons. The first-order valence-corrected chi connectivity index (χ1v) is 5.98. The fourth-order valence-corrected chi connectivity index (χ4v) is 1.72. The summed E-state index contributed by atoms with van der Waals surface area (Å²) in [6, 6.07) is 9.66. The molecule has 0 radical (unpaired) electrons. The van der Waals surface area contributed by atoms with Gasteiger partial charge in [0.15, 0.2) is 0 Å². The first-order valence-electron chi connectivity index (χ1n) is 5.60. The predicted octanol–water partition coefficient (Wildman–Crippen LogP) is 3.65. The van der Waals surface area contributed by atoms with Gasteiger partial charge in [-0.25, -0.2) is 4.39 Å². The molecule has 0 aliphatic carbocycles. The second-order valence-corrected chi connectivity index (χ2v) is 4.35. The maximum absolute atomic E-state index is 13.2. The molecule has 0 saturated heterocycles. The van der Waals surface area contributed by atoms with Crippen molar-refractivity contribution < 1.29 is 13.9 Å². The van der Waals surface area contributed by atoms with Crippen LogP contribution in [-0.4, -0.2) is 7.11 Å². The lowest BCUT2D eigenvalue weighted by molar-refractivity contribution is 0.305. The molecule has 0 aliphatic rings. The van der Waals surface area contributed by atoms with Crippen molar-refractivity contribution >= 4 is 17.3 Å². The summed E-state index contributed by atoms with van der Waals surface area (Å²) in [5, 5.41) is 0.0949. The average molecular weight is 282 g/mol. The second-order valence-electron chi connectivity index (χ2n) is 3.94. The van der Waals surface area contributed by atoms with Gasteiger partial charge in [0, 0.05) is 6.07 Å². The zero-order valence-electron chi connectivity index (χ0n) is 10.3. The standard InChI is InChI=1S/C14H13ClFNO2/c1-18-14-5-3-10(7-13(14)17)19-8-9-2-4-11(15)12(16)6-9/h2-7H,8,17H2,1H3. The summed E-state index contributed by atoms with van der Waals surface area (Å²) in [6.07, 6.45) is 0. The molecule has 0 saturated carbocycles. The lowest BCUT2D eigenvalue weighted by Crippen LogP contribution is -1.98. The number of rotatable bonds is 4. The molecule has 5 heteroatoms. The lowest BCUT2D eigenvalue weighted by Gasteiger charge is -2.09. The minimum atomic E-state index is -0.461. The summed E-state index contributed by atoms with van der Waals surface area (Å²) in [7, 11) is 1.54. The van der Waals surface area contributed by atoms with Crippen molar-refractivity contribution in [3.8, 4) is 11.5 Å². The second kappa shape index (κ2) is 5.80. The summed E-state index contributed by atoms with van der Waals surface area (Å²) in [5.74, 6) is 0.718. The third kappa shape index (κ3) is 3.29. The van der Waals surface area contributed by atoms with Gasteiger partial charge in [-0.15, -0.1) is 0 Å². The van der Waals surface area contributed by atoms with E-state index < -0.39 is 5.82 Å². The Hall–Kier alpha value is -1.94. The third-order valence-corrected chi connectivity index (χ3v) is 2.90. The molecule has 2 N–H and O–H groups in total. The van der Waals surface area contributed by atoms with Crippen molar-refractivity contribution in [3.05, 3.63) is 52.8 Å². The van der Waals surface area contributed by atoms with Gasteiger partial charge < -0.3 is 15.2 Å². The maximum atomic E-state index is 13.2. The Balaban J connectivity index is 2.05. The molecule has 0 bridgehead atoms. The Labute approximate surface area is 115 Å². The Morgan fingerprint density at radius 3 is 2.63 bits per heavy atom. The number of halogens is 2. The average Bonchev–Trinajstić information content (AvgIpc) is 2.40. The molecule has 19 heavy (non-hydrogen) atoms. The molecule has 0 atom stereocenters. The van der Waals surface area contributed by atoms with Crippen LogP contribution in [0.1, 0.15) is 5.56 Å². The van der Waals surface area contributed by atoms with E-state index in [1.807, 2.05) is 0 Å². The molecule has 0 amide bonds. The SMILES string of the molecule is COc1ccc(OCc2ccc(Cl)c(F)c2)cc1N. The van der Waals surface area contributed by atoms with Crippen molar-refractivity contribution in [2.75, 3.05) is 12.8 Å². The van der Waals surface area contributed by atoms with Gasteiger partial charge in [-0.2, -0.15) is 0 Å². The van der Waals surface area contributed by atoms with E-state index in [1.54, 1.807) is 31.4 Å². The number of hydrogen-bond donors (Lipinski definition) is 1. The minimum absolute atomic E-state index is 0.0949. The molecule has 0 spiro atoms. The number of nitrogen functional groups attached to an aromatic ring is 1. The Bertz CT molecular complexity index is 590. The summed E-state index contributed by atoms with van der Waals surface area (Å²) in [6.45, 7) is 0.236. The van der Waals surface area contributed by atoms with Gasteiger partial charge in [-0.1, -0.05) is 17.7 Å². The zero-order chi connectivity index (χ0) is 13.8. The van der Waals surface area contributed by atoms with Gasteiger partial charge in [-0.3, -0.25) is 0 Å². The Morgan fingerprint density at radius 2 is 2.00 bits per heavy atom. The Morgan fingerprint density at radius 1 is 1.21 bits per heavy atom. The van der Waals surface area contributed by atoms with E-state index in [2.05, 4.69) is 0 Å². The molecule has 0 aliphatic heterocycles. The lowest BCUT2D eigenvalue weighted by atomic mass is 10.2. The third-order valence-electron chi connectivity index (χ3n) is 2.59. The monoisotopic (exact) mass is 281 g/mol. The number of nitrogens with two attached hydrogens (primary N) is 1. The van der Waals surface area contributed by atoms with Gasteiger partial charge in [0.05, 0.1) is 17.8 Å². The summed E-state index contributed by atoms with van der Waals surface area (Å²) in [4.78, 5) is 0. The molecular weight excluding hydrogens is 269 g/mol. The van der Waals surface area contributed by atoms with E-state index in [0.29, 0.717) is 22.7 Å². The summed E-state index contributed by atoms with van der Waals surface area (Å²) in [5.41, 5.74) is 6.94. The number of anilines is 1. The molecule has 0 fully saturated rings. The van der Waals surface area contributed by atoms with Crippen LogP contribution in [0.4, 0.5) is 10.1 Å². The van der Waals surface area contributed by atoms with Crippen LogP contribution in [0.3, 0.4) is 0 Å². The molecule has 2 rings (SSSR count). The predicted molar refractivity (Wildman–Crippen MR) is 73.1 cm³/mol. The van der Waals surface area contributed by atoms with Crippen LogP contribution in [0.15, 0.2) is 36.4 Å². The van der Waals surface area contributed by atoms with Crippen LogP contribution in [0.5, 0.6) is 11.5 Å². The summed E-state index contributed by atoms with van der Waals surface area (Å²) < 4.78 is 23.8. The van der Waals surface area contributed by atoms with Crippen molar-refractivity contribution in [3.63, 3.8) is 0 Å². The van der Waals surface area contributed by atoms with E-state index >= 15 is 0 Å². The van der Waals surface area contributed by atoms with Crippen LogP contribution in [0.2, 0.25) is 5.02 Å². The van der Waals surface area contributed by atoms with E-state index in [-0.39, 0.29) is 11.6 Å². The van der Waals surface area contributed by atoms with E-state index in [0.717, 1.165) is 0 Å².